The molecule has 5 aromatic carbocycles. The Morgan fingerprint density at radius 3 is 0.737 bits per heavy atom. The van der Waals surface area contributed by atoms with Gasteiger partial charge in [0.05, 0.1) is 87.6 Å². The van der Waals surface area contributed by atoms with E-state index in [1.165, 1.54) is 20.8 Å². The Morgan fingerprint density at radius 1 is 0.305 bits per heavy atom. The van der Waals surface area contributed by atoms with Crippen molar-refractivity contribution >= 4 is 0 Å². The molecule has 0 saturated carbocycles. The molecule has 0 saturated heterocycles. The molecule has 0 heterocycles. The molecule has 0 aromatic heterocycles. The number of hydrogen-bond acceptors (Lipinski definition) is 20. The molecule has 0 aliphatic rings. The molecule has 0 aliphatic carbocycles. The highest BCUT2D eigenvalue weighted by Gasteiger charge is 2.11. The zero-order chi connectivity index (χ0) is 127. The van der Waals surface area contributed by atoms with Gasteiger partial charge in [-0.15, -0.1) is 0 Å². The second kappa shape index (κ2) is 56.5. The maximum atomic E-state index is 10.3. The topological polar surface area (TPSA) is 254 Å². The highest BCUT2D eigenvalue weighted by Crippen LogP contribution is 2.17. The van der Waals surface area contributed by atoms with Crippen LogP contribution in [0.15, 0.2) is 121 Å². The van der Waals surface area contributed by atoms with Crippen molar-refractivity contribution in [2.24, 2.45) is 0 Å². The first-order valence-electron chi connectivity index (χ1n) is 59.7. The van der Waals surface area contributed by atoms with Crippen LogP contribution < -0.4 is 50.3 Å². The van der Waals surface area contributed by atoms with Gasteiger partial charge in [-0.25, -0.2) is 0 Å². The zero-order valence-electron chi connectivity index (χ0n) is 117. The van der Waals surface area contributed by atoms with Crippen molar-refractivity contribution in [3.05, 3.63) is 149 Å². The average Bonchev–Trinajstić information content (AvgIpc) is 0.757. The molecule has 7 atom stereocenters. The molecule has 20 heteroatoms. The second-order valence-electron chi connectivity index (χ2n) is 18.2. The van der Waals surface area contributed by atoms with Crippen LogP contribution in [-0.2, 0) is 55.5 Å². The van der Waals surface area contributed by atoms with Crippen LogP contribution in [-0.4, -0.2) is 220 Å². The number of hydrogen-bond donors (Lipinski definition) is 10. The van der Waals surface area contributed by atoms with Crippen LogP contribution in [0.2, 0.25) is 0 Å². The van der Waals surface area contributed by atoms with Crippen LogP contribution in [0.3, 0.4) is 0 Å². The van der Waals surface area contributed by atoms with Crippen LogP contribution >= 0.6 is 0 Å². The van der Waals surface area contributed by atoms with Crippen LogP contribution in [0.4, 0.5) is 0 Å². The third-order valence-corrected chi connectivity index (χ3v) is 9.75. The number of ether oxygens (including phenoxy) is 10. The van der Waals surface area contributed by atoms with E-state index in [1.807, 2.05) is 0 Å². The van der Waals surface area contributed by atoms with Gasteiger partial charge < -0.3 is 99.5 Å². The molecular formula is C75H125N5O15. The van der Waals surface area contributed by atoms with Gasteiger partial charge in [-0.05, 0) is 120 Å². The summed E-state index contributed by atoms with van der Waals surface area (Å²) < 4.78 is 534. The minimum atomic E-state index is -3.45. The van der Waals surface area contributed by atoms with E-state index in [0.29, 0.717) is 0 Å². The zero-order valence-corrected chi connectivity index (χ0v) is 52.1. The molecule has 10 N–H and O–H groups in total. The summed E-state index contributed by atoms with van der Waals surface area (Å²) in [4.78, 5) is 0. The fourth-order valence-corrected chi connectivity index (χ4v) is 5.42. The number of aryl methyl sites for hydroxylation is 5. The Bertz CT molecular complexity index is 5340. The average molecular weight is 1400 g/mol. The largest absolute Gasteiger partial charge is 0.491 e. The summed E-state index contributed by atoms with van der Waals surface area (Å²) in [5, 5.41) is 62.2. The SMILES string of the molecule is [2H]C(C)(C)NCC([2H])(O)C([2H])([2H])Oc1ccc(C([2H])([2H])C([2H])([2H])OC([2H])([2H])[2H])cc1.[2H]C([2H])([2H])OC([2H])([2H])C([2H])([2H])c1ccc(OC([2H])([2H])C([2H])(O)CNC(C)C([2H])([2H])[2H])cc1.[2H]C([2H])([2H])OC([2H])([2H])C([2H])([2H])c1ccc(OC([2H])([2H])C([2H])(O)CNC(C)C)cc1.[2H]C([2H])([2H])OC([2H])([2H])C([2H])([2H])c1ccc(OC([2H])([2H])C([2H])(O)CNC([2H])(C([2H])([2H])[2H])C([2H])([2H])[2H])cc1.[2H]C([2H])([2H])OC([2H])([2H])C([2H])([2H])c1ccc(OC([2H])([2H])C([2H])(O)CNC([2H])(C)C([2H])([2H])[2H])cc1. The van der Waals surface area contributed by atoms with E-state index >= 15 is 0 Å². The van der Waals surface area contributed by atoms with Gasteiger partial charge >= 0.3 is 0 Å². The van der Waals surface area contributed by atoms with E-state index in [-0.39, 0.29) is 51.3 Å². The third-order valence-electron chi connectivity index (χ3n) is 9.75. The van der Waals surface area contributed by atoms with Gasteiger partial charge in [0.25, 0.3) is 0 Å². The Hall–Kier alpha value is -5.50. The van der Waals surface area contributed by atoms with E-state index in [4.69, 9.17) is 113 Å². The lowest BCUT2D eigenvalue weighted by Gasteiger charge is -2.15. The van der Waals surface area contributed by atoms with Gasteiger partial charge in [0, 0.05) is 132 Å². The molecule has 540 valence electrons. The van der Waals surface area contributed by atoms with Crippen molar-refractivity contribution in [2.75, 3.05) is 134 Å². The minimum absolute atomic E-state index is 0.101. The smallest absolute Gasteiger partial charge is 0.119 e. The van der Waals surface area contributed by atoms with E-state index in [1.54, 1.807) is 19.2 Å². The predicted molar refractivity (Wildman–Crippen MR) is 383 cm³/mol. The summed E-state index contributed by atoms with van der Waals surface area (Å²) in [5.41, 5.74) is -1.71. The van der Waals surface area contributed by atoms with Gasteiger partial charge in [0.1, 0.15) is 91.9 Å². The summed E-state index contributed by atoms with van der Waals surface area (Å²) in [7, 11) is -16.0. The number of rotatable bonds is 45. The highest BCUT2D eigenvalue weighted by molar-refractivity contribution is 5.31. The van der Waals surface area contributed by atoms with Crippen molar-refractivity contribution in [1.29, 1.82) is 0 Å². The third kappa shape index (κ3) is 50.5. The molecule has 7 unspecified atom stereocenters. The van der Waals surface area contributed by atoms with Crippen LogP contribution in [0.5, 0.6) is 28.7 Å². The molecule has 0 fully saturated rings. The van der Waals surface area contributed by atoms with Crippen molar-refractivity contribution in [3.8, 4) is 28.7 Å². The molecule has 0 amide bonds. The first kappa shape index (κ1) is 29.4. The van der Waals surface area contributed by atoms with E-state index in [2.05, 4.69) is 45.0 Å². The molecule has 95 heavy (non-hydrogen) atoms. The minimum Gasteiger partial charge on any atom is -0.491 e. The molecule has 0 radical (unpaired) electrons. The summed E-state index contributed by atoms with van der Waals surface area (Å²) in [5.74, 6) is -1.35. The molecular weight excluding hydrogens is 1210 g/mol. The van der Waals surface area contributed by atoms with Crippen molar-refractivity contribution in [3.63, 3.8) is 0 Å². The van der Waals surface area contributed by atoms with Crippen molar-refractivity contribution in [2.45, 2.75) is 161 Å². The number of nitrogens with one attached hydrogen (secondary N) is 5. The second-order valence-corrected chi connectivity index (χ2v) is 18.2. The van der Waals surface area contributed by atoms with Crippen molar-refractivity contribution < 1.29 is 162 Å². The first-order valence-corrected chi connectivity index (χ1v) is 27.2. The lowest BCUT2D eigenvalue weighted by atomic mass is 10.1. The summed E-state index contributed by atoms with van der Waals surface area (Å²) in [6.07, 6.45) is -29.3. The predicted octanol–water partition coefficient (Wildman–Crippen LogP) is 8.07. The van der Waals surface area contributed by atoms with E-state index in [9.17, 15) is 25.5 Å². The van der Waals surface area contributed by atoms with Gasteiger partial charge in [-0.2, -0.15) is 0 Å². The lowest BCUT2D eigenvalue weighted by molar-refractivity contribution is 0.104. The first-order chi connectivity index (χ1) is 69.9. The van der Waals surface area contributed by atoms with E-state index in [0.717, 1.165) is 128 Å². The lowest BCUT2D eigenvalue weighted by Crippen LogP contribution is -2.35. The molecule has 0 aliphatic heterocycles. The fourth-order valence-electron chi connectivity index (χ4n) is 5.42. The monoisotopic (exact) mass is 1400 g/mol. The maximum Gasteiger partial charge on any atom is 0.119 e. The Morgan fingerprint density at radius 2 is 0.526 bits per heavy atom. The molecule has 20 nitrogen and oxygen atoms in total. The number of methoxy groups -OCH3 is 5. The highest BCUT2D eigenvalue weighted by atomic mass is 16.5. The maximum absolute atomic E-state index is 10.3. The normalized spacial score (nSPS) is 29.0. The van der Waals surface area contributed by atoms with Gasteiger partial charge in [0.2, 0.25) is 0 Å². The number of benzene rings is 5. The van der Waals surface area contributed by atoms with Crippen LogP contribution in [0.1, 0.15) is 186 Å². The molecule has 0 bridgehead atoms. The summed E-state index contributed by atoms with van der Waals surface area (Å²) in [6, 6.07) is 12.2. The number of aliphatic hydroxyl groups is 5. The Labute approximate surface area is 662 Å². The quantitative estimate of drug-likeness (QED) is 0.0177. The van der Waals surface area contributed by atoms with E-state index < -0.39 is 259 Å². The van der Waals surface area contributed by atoms with Crippen LogP contribution in [0, 0.1) is 0 Å². The fraction of sp³-hybridized carbons (Fsp3) is 0.600. The van der Waals surface area contributed by atoms with Gasteiger partial charge in [-0.3, -0.25) is 0 Å². The molecule has 0 spiro atoms. The standard InChI is InChI=1S/5C15H25NO3/c5*1-12(2)16-10-14(17)11-19-15-6-4-13(5-7-15)8-9-18-3/h5*4-7,12,14,16-17H,8-11H2,1-3H3/i1D3,2D3,3D3,8D2,9D2,11D2,12D,14D;1D3,3D3,8D2,9D2,11D2,12D,14D;3D3,8D2,9D2,11D2,12D,14D;1D3,3D3,8D2,9D2,11D2,14D;3D3,8D2,9D2,11D2,14D. The molecule has 5 aromatic rings. The van der Waals surface area contributed by atoms with Crippen LogP contribution in [0.25, 0.3) is 0 Å². The Kier molecular flexibility index (Phi) is 17.5. The van der Waals surface area contributed by atoms with Gasteiger partial charge in [-0.1, -0.05) is 130 Å². The van der Waals surface area contributed by atoms with Crippen molar-refractivity contribution in [1.82, 2.24) is 26.6 Å². The summed E-state index contributed by atoms with van der Waals surface area (Å²) in [6.45, 7) is -39.2. The van der Waals surface area contributed by atoms with Gasteiger partial charge in [0.15, 0.2) is 0 Å². The molecule has 5 rings (SSSR count). The summed E-state index contributed by atoms with van der Waals surface area (Å²) >= 11 is 0. The Balaban J connectivity index is 0.00000100.